The van der Waals surface area contributed by atoms with E-state index in [1.807, 2.05) is 24.0 Å². The molecule has 0 spiro atoms. The Labute approximate surface area is 197 Å². The molecule has 0 aliphatic carbocycles. The molecule has 2 saturated heterocycles. The highest BCUT2D eigenvalue weighted by Crippen LogP contribution is 2.26. The number of ether oxygens (including phenoxy) is 1. The average molecular weight is 474 g/mol. The van der Waals surface area contributed by atoms with Gasteiger partial charge in [-0.25, -0.2) is 8.42 Å². The van der Waals surface area contributed by atoms with Crippen molar-refractivity contribution >= 4 is 15.9 Å². The first-order chi connectivity index (χ1) is 15.9. The van der Waals surface area contributed by atoms with Crippen molar-refractivity contribution in [3.8, 4) is 5.75 Å². The molecule has 7 nitrogen and oxygen atoms in total. The summed E-state index contributed by atoms with van der Waals surface area (Å²) in [6.07, 6.45) is 7.46. The Hall–Kier alpha value is -2.32. The first-order valence-corrected chi connectivity index (χ1v) is 13.5. The number of piperidine rings is 1. The van der Waals surface area contributed by atoms with Gasteiger partial charge in [-0.15, -0.1) is 0 Å². The van der Waals surface area contributed by atoms with E-state index in [4.69, 9.17) is 4.74 Å². The molecule has 3 heterocycles. The third kappa shape index (κ3) is 5.44. The topological polar surface area (TPSA) is 71.8 Å². The number of nitrogens with zero attached hydrogens (tertiary/aromatic N) is 3. The van der Waals surface area contributed by atoms with E-state index in [0.29, 0.717) is 44.4 Å². The number of likely N-dealkylation sites (tertiary alicyclic amines) is 1. The van der Waals surface area contributed by atoms with Gasteiger partial charge >= 0.3 is 0 Å². The van der Waals surface area contributed by atoms with Crippen molar-refractivity contribution in [1.29, 1.82) is 0 Å². The number of aromatic nitrogens is 1. The highest BCUT2D eigenvalue weighted by atomic mass is 32.2. The molecule has 33 heavy (non-hydrogen) atoms. The second-order valence-electron chi connectivity index (χ2n) is 9.13. The van der Waals surface area contributed by atoms with Crippen LogP contribution in [0.1, 0.15) is 55.1 Å². The van der Waals surface area contributed by atoms with Crippen LogP contribution in [0.4, 0.5) is 0 Å². The molecule has 2 aliphatic rings. The zero-order chi connectivity index (χ0) is 23.4. The molecule has 0 radical (unpaired) electrons. The molecule has 1 amide bonds. The minimum absolute atomic E-state index is 0.0784. The van der Waals surface area contributed by atoms with Crippen LogP contribution < -0.4 is 4.74 Å². The van der Waals surface area contributed by atoms with Crippen molar-refractivity contribution < 1.29 is 17.9 Å². The van der Waals surface area contributed by atoms with Crippen LogP contribution in [-0.2, 0) is 23.5 Å². The summed E-state index contributed by atoms with van der Waals surface area (Å²) < 4.78 is 34.4. The zero-order valence-electron chi connectivity index (χ0n) is 19.7. The molecule has 2 aliphatic heterocycles. The maximum Gasteiger partial charge on any atom is 0.270 e. The van der Waals surface area contributed by atoms with Crippen LogP contribution in [-0.4, -0.2) is 60.9 Å². The van der Waals surface area contributed by atoms with Crippen LogP contribution in [0.15, 0.2) is 41.4 Å². The first-order valence-electron chi connectivity index (χ1n) is 12.1. The molecule has 0 unspecified atom stereocenters. The zero-order valence-corrected chi connectivity index (χ0v) is 20.5. The van der Waals surface area contributed by atoms with Gasteiger partial charge < -0.3 is 14.2 Å². The molecule has 4 rings (SSSR count). The molecule has 2 fully saturated rings. The van der Waals surface area contributed by atoms with Crippen molar-refractivity contribution in [2.24, 2.45) is 13.0 Å². The Bertz CT molecular complexity index is 1050. The number of sulfonamides is 1. The van der Waals surface area contributed by atoms with E-state index in [1.165, 1.54) is 9.87 Å². The van der Waals surface area contributed by atoms with Crippen molar-refractivity contribution in [2.75, 3.05) is 32.8 Å². The summed E-state index contributed by atoms with van der Waals surface area (Å²) in [4.78, 5) is 15.2. The number of hydrogen-bond donors (Lipinski definition) is 0. The minimum Gasteiger partial charge on any atom is -0.494 e. The van der Waals surface area contributed by atoms with Crippen LogP contribution in [0, 0.1) is 5.92 Å². The molecule has 1 aromatic carbocycles. The molecule has 1 aromatic heterocycles. The van der Waals surface area contributed by atoms with Crippen molar-refractivity contribution in [2.45, 2.75) is 50.3 Å². The van der Waals surface area contributed by atoms with E-state index < -0.39 is 10.0 Å². The first kappa shape index (κ1) is 23.8. The fraction of sp³-hybridized carbons (Fsp3) is 0.560. The Balaban J connectivity index is 1.31. The lowest BCUT2D eigenvalue weighted by molar-refractivity contribution is 0.0677. The lowest BCUT2D eigenvalue weighted by Crippen LogP contribution is -2.39. The molecule has 0 atom stereocenters. The van der Waals surface area contributed by atoms with Crippen molar-refractivity contribution in [1.82, 2.24) is 13.8 Å². The maximum atomic E-state index is 13.1. The lowest BCUT2D eigenvalue weighted by atomic mass is 9.90. The summed E-state index contributed by atoms with van der Waals surface area (Å²) in [5, 5.41) is 0. The Morgan fingerprint density at radius 3 is 2.36 bits per heavy atom. The summed E-state index contributed by atoms with van der Waals surface area (Å²) in [5.74, 6) is 1.43. The predicted octanol–water partition coefficient (Wildman–Crippen LogP) is 3.69. The molecule has 0 bridgehead atoms. The smallest absolute Gasteiger partial charge is 0.270 e. The third-order valence-electron chi connectivity index (χ3n) is 6.88. The van der Waals surface area contributed by atoms with Gasteiger partial charge in [-0.2, -0.15) is 4.31 Å². The molecule has 180 valence electrons. The largest absolute Gasteiger partial charge is 0.494 e. The fourth-order valence-electron chi connectivity index (χ4n) is 4.84. The van der Waals surface area contributed by atoms with Crippen molar-refractivity contribution in [3.05, 3.63) is 47.8 Å². The van der Waals surface area contributed by atoms with E-state index in [0.717, 1.165) is 44.3 Å². The van der Waals surface area contributed by atoms with Gasteiger partial charge in [-0.3, -0.25) is 4.79 Å². The quantitative estimate of drug-likeness (QED) is 0.586. The number of carbonyl (C=O) groups excluding carboxylic acids is 1. The summed E-state index contributed by atoms with van der Waals surface area (Å²) in [7, 11) is -1.77. The van der Waals surface area contributed by atoms with Gasteiger partial charge in [0.15, 0.2) is 0 Å². The SMILES string of the molecule is CCOc1ccc(CCC2CCN(C(=O)c3cc(S(=O)(=O)N4CCCC4)cn3C)CC2)cc1. The number of benzene rings is 1. The molecular weight excluding hydrogens is 438 g/mol. The van der Waals surface area contributed by atoms with Gasteiger partial charge in [-0.1, -0.05) is 12.1 Å². The van der Waals surface area contributed by atoms with E-state index >= 15 is 0 Å². The fourth-order valence-corrected chi connectivity index (χ4v) is 6.43. The van der Waals surface area contributed by atoms with Crippen LogP contribution in [0.25, 0.3) is 0 Å². The van der Waals surface area contributed by atoms with Gasteiger partial charge in [0, 0.05) is 39.4 Å². The Morgan fingerprint density at radius 1 is 1.06 bits per heavy atom. The number of carbonyl (C=O) groups is 1. The van der Waals surface area contributed by atoms with Gasteiger partial charge in [0.2, 0.25) is 10.0 Å². The maximum absolute atomic E-state index is 13.1. The number of amides is 1. The molecule has 0 saturated carbocycles. The average Bonchev–Trinajstić information content (AvgIpc) is 3.50. The molecule has 8 heteroatoms. The number of aryl methyl sites for hydroxylation is 2. The third-order valence-corrected chi connectivity index (χ3v) is 8.74. The normalized spacial score (nSPS) is 18.1. The van der Waals surface area contributed by atoms with Gasteiger partial charge in [0.25, 0.3) is 5.91 Å². The van der Waals surface area contributed by atoms with E-state index in [9.17, 15) is 13.2 Å². The summed E-state index contributed by atoms with van der Waals surface area (Å²) in [6.45, 7) is 5.21. The summed E-state index contributed by atoms with van der Waals surface area (Å²) in [5.41, 5.74) is 1.76. The van der Waals surface area contributed by atoms with Crippen molar-refractivity contribution in [3.63, 3.8) is 0 Å². The van der Waals surface area contributed by atoms with Gasteiger partial charge in [0.1, 0.15) is 16.3 Å². The van der Waals surface area contributed by atoms with Crippen LogP contribution in [0.2, 0.25) is 0 Å². The standard InChI is InChI=1S/C25H35N3O4S/c1-3-32-22-10-8-20(9-11-22)6-7-21-12-16-27(17-13-21)25(29)24-18-23(19-26(24)2)33(30,31)28-14-4-5-15-28/h8-11,18-19,21H,3-7,12-17H2,1-2H3. The Kier molecular flexibility index (Phi) is 7.44. The van der Waals surface area contributed by atoms with Crippen LogP contribution >= 0.6 is 0 Å². The lowest BCUT2D eigenvalue weighted by Gasteiger charge is -2.32. The van der Waals surface area contributed by atoms with Gasteiger partial charge in [-0.05, 0) is 75.1 Å². The molecular formula is C25H35N3O4S. The highest BCUT2D eigenvalue weighted by Gasteiger charge is 2.31. The van der Waals surface area contributed by atoms with Gasteiger partial charge in [0.05, 0.1) is 6.61 Å². The minimum atomic E-state index is -3.52. The van der Waals surface area contributed by atoms with Crippen LogP contribution in [0.5, 0.6) is 5.75 Å². The van der Waals surface area contributed by atoms with Crippen LogP contribution in [0.3, 0.4) is 0 Å². The molecule has 2 aromatic rings. The summed E-state index contributed by atoms with van der Waals surface area (Å²) in [6, 6.07) is 9.87. The predicted molar refractivity (Wildman–Crippen MR) is 128 cm³/mol. The monoisotopic (exact) mass is 473 g/mol. The highest BCUT2D eigenvalue weighted by molar-refractivity contribution is 7.89. The Morgan fingerprint density at radius 2 is 1.73 bits per heavy atom. The summed E-state index contributed by atoms with van der Waals surface area (Å²) >= 11 is 0. The second kappa shape index (κ2) is 10.3. The number of hydrogen-bond acceptors (Lipinski definition) is 4. The number of rotatable bonds is 8. The van der Waals surface area contributed by atoms with E-state index in [-0.39, 0.29) is 10.8 Å². The van der Waals surface area contributed by atoms with E-state index in [1.54, 1.807) is 23.9 Å². The second-order valence-corrected chi connectivity index (χ2v) is 11.1. The van der Waals surface area contributed by atoms with E-state index in [2.05, 4.69) is 12.1 Å². The molecule has 0 N–H and O–H groups in total.